The molecule has 1 amide bonds. The molecule has 5 N–H and O–H groups in total. The van der Waals surface area contributed by atoms with Crippen molar-refractivity contribution in [2.75, 3.05) is 0 Å². The van der Waals surface area contributed by atoms with Gasteiger partial charge in [-0.2, -0.15) is 0 Å². The lowest BCUT2D eigenvalue weighted by molar-refractivity contribution is -0.181. The number of ketones is 2. The number of aromatic hydroxyl groups is 1. The van der Waals surface area contributed by atoms with Crippen molar-refractivity contribution >= 4 is 29.2 Å². The summed E-state index contributed by atoms with van der Waals surface area (Å²) in [6, 6.07) is 4.70. The molecule has 1 aromatic carbocycles. The Balaban J connectivity index is 2.11. The summed E-state index contributed by atoms with van der Waals surface area (Å²) in [7, 11) is 0. The van der Waals surface area contributed by atoms with Gasteiger partial charge in [-0.3, -0.25) is 19.2 Å². The normalized spacial score (nSPS) is 33.6. The fourth-order valence-corrected chi connectivity index (χ4v) is 6.56. The van der Waals surface area contributed by atoms with Crippen LogP contribution in [0.3, 0.4) is 0 Å². The Bertz CT molecular complexity index is 1280. The van der Waals surface area contributed by atoms with Gasteiger partial charge in [-0.1, -0.05) is 39.8 Å². The zero-order valence-electron chi connectivity index (χ0n) is 20.9. The molecule has 1 fully saturated rings. The van der Waals surface area contributed by atoms with E-state index < -0.39 is 75.2 Å². The van der Waals surface area contributed by atoms with Crippen molar-refractivity contribution in [3.63, 3.8) is 0 Å². The molecule has 0 heterocycles. The number of amides is 1. The zero-order chi connectivity index (χ0) is 26.9. The summed E-state index contributed by atoms with van der Waals surface area (Å²) in [6.07, 6.45) is -0.566. The number of ether oxygens (including phenoxy) is 1. The number of phenolic OH excluding ortho intramolecular Hbond substituents is 1. The van der Waals surface area contributed by atoms with E-state index in [0.717, 1.165) is 0 Å². The highest BCUT2D eigenvalue weighted by Gasteiger charge is 2.70. The maximum Gasteiger partial charge on any atom is 0.306 e. The highest BCUT2D eigenvalue weighted by molar-refractivity contribution is 6.23. The Morgan fingerprint density at radius 3 is 2.33 bits per heavy atom. The number of aliphatic hydroxyl groups is 2. The molecule has 0 bridgehead atoms. The number of primary amides is 1. The molecule has 0 radical (unpaired) electrons. The number of benzene rings is 1. The summed E-state index contributed by atoms with van der Waals surface area (Å²) in [5.41, 5.74) is 1.98. The number of Topliss-reactive ketones (excluding diaryl/α,β-unsaturated/α-hetero) is 2. The molecule has 1 aromatic rings. The number of aliphatic hydroxyl groups excluding tert-OH is 2. The van der Waals surface area contributed by atoms with Gasteiger partial charge in [0.05, 0.1) is 11.0 Å². The fourth-order valence-electron chi connectivity index (χ4n) is 6.56. The lowest BCUT2D eigenvalue weighted by Crippen LogP contribution is -2.65. The number of fused-ring (bicyclic) bond motifs is 3. The van der Waals surface area contributed by atoms with E-state index in [1.165, 1.54) is 19.9 Å². The van der Waals surface area contributed by atoms with Gasteiger partial charge in [0.2, 0.25) is 0 Å². The molecule has 1 saturated carbocycles. The first-order valence-electron chi connectivity index (χ1n) is 12.0. The van der Waals surface area contributed by atoms with Gasteiger partial charge in [0.1, 0.15) is 28.9 Å². The van der Waals surface area contributed by atoms with Crippen LogP contribution in [-0.2, 0) is 23.9 Å². The molecule has 0 aromatic heterocycles. The second-order valence-electron chi connectivity index (χ2n) is 10.4. The van der Waals surface area contributed by atoms with Gasteiger partial charge in [0.15, 0.2) is 11.6 Å². The lowest BCUT2D eigenvalue weighted by atomic mass is 9.44. The third-order valence-corrected chi connectivity index (χ3v) is 8.62. The minimum atomic E-state index is -1.90. The smallest absolute Gasteiger partial charge is 0.306 e. The predicted molar refractivity (Wildman–Crippen MR) is 129 cm³/mol. The third-order valence-electron chi connectivity index (χ3n) is 8.62. The number of esters is 1. The number of carbonyl (C=O) groups excluding carboxylic acids is 4. The monoisotopic (exact) mass is 497 g/mol. The first-order chi connectivity index (χ1) is 16.8. The average molecular weight is 498 g/mol. The van der Waals surface area contributed by atoms with E-state index in [2.05, 4.69) is 0 Å². The molecule has 9 nitrogen and oxygen atoms in total. The minimum Gasteiger partial charge on any atom is -0.510 e. The van der Waals surface area contributed by atoms with E-state index in [1.807, 2.05) is 0 Å². The van der Waals surface area contributed by atoms with Crippen molar-refractivity contribution in [1.29, 1.82) is 0 Å². The van der Waals surface area contributed by atoms with Crippen LogP contribution in [0.25, 0.3) is 5.76 Å². The van der Waals surface area contributed by atoms with Gasteiger partial charge in [-0.05, 0) is 30.9 Å². The maximum atomic E-state index is 14.3. The highest BCUT2D eigenvalue weighted by Crippen LogP contribution is 2.65. The summed E-state index contributed by atoms with van der Waals surface area (Å²) < 4.78 is 6.01. The van der Waals surface area contributed by atoms with Crippen LogP contribution in [0.5, 0.6) is 5.75 Å². The quantitative estimate of drug-likeness (QED) is 0.364. The van der Waals surface area contributed by atoms with E-state index in [4.69, 9.17) is 10.5 Å². The highest BCUT2D eigenvalue weighted by atomic mass is 16.5. The molecular formula is C27H31NO8. The average Bonchev–Trinajstić information content (AvgIpc) is 2.80. The number of phenols is 1. The van der Waals surface area contributed by atoms with E-state index in [0.29, 0.717) is 12.0 Å². The van der Waals surface area contributed by atoms with Crippen LogP contribution >= 0.6 is 0 Å². The first kappa shape index (κ1) is 25.5. The molecule has 36 heavy (non-hydrogen) atoms. The first-order valence-corrected chi connectivity index (χ1v) is 12.0. The van der Waals surface area contributed by atoms with Gasteiger partial charge >= 0.3 is 5.97 Å². The van der Waals surface area contributed by atoms with E-state index in [9.17, 15) is 34.5 Å². The minimum absolute atomic E-state index is 0.0741. The Morgan fingerprint density at radius 1 is 1.11 bits per heavy atom. The molecule has 9 heteroatoms. The molecule has 0 saturated heterocycles. The molecule has 0 unspecified atom stereocenters. The predicted octanol–water partition coefficient (Wildman–Crippen LogP) is 3.22. The number of carbonyl (C=O) groups is 4. The molecule has 6 atom stereocenters. The SMILES string of the molecule is CCCC(=O)O[C@H]1[C@@H]2[C@@H](C)C(=O)C(C(N)=O)=C(O)[C@]2(C)C(=O)C2=C(O)c3c(O)cccc3[C@@H](C)[C@@]21C. The second kappa shape index (κ2) is 8.21. The summed E-state index contributed by atoms with van der Waals surface area (Å²) in [5.74, 6) is -7.37. The van der Waals surface area contributed by atoms with Crippen LogP contribution in [0, 0.1) is 22.7 Å². The lowest BCUT2D eigenvalue weighted by Gasteiger charge is -2.59. The molecule has 0 spiro atoms. The van der Waals surface area contributed by atoms with Crippen LogP contribution in [0.15, 0.2) is 35.1 Å². The van der Waals surface area contributed by atoms with Gasteiger partial charge in [-0.25, -0.2) is 0 Å². The van der Waals surface area contributed by atoms with Crippen molar-refractivity contribution in [3.8, 4) is 5.75 Å². The topological polar surface area (TPSA) is 164 Å². The molecule has 4 rings (SSSR count). The number of hydrogen-bond donors (Lipinski definition) is 4. The van der Waals surface area contributed by atoms with Crippen molar-refractivity contribution in [2.45, 2.75) is 59.5 Å². The standard InChI is InChI=1S/C27H31NO8/c1-6-8-15(30)36-24-18-11(2)20(31)17(25(28)35)22(33)27(18,5)23(34)19-21(32)16-13(9-7-10-14(16)29)12(3)26(19,24)4/h7,9-12,18,24,29,32-33H,6,8H2,1-5H3,(H2,28,35)/t11-,12-,18+,24+,26+,27-/m1/s1. The summed E-state index contributed by atoms with van der Waals surface area (Å²) >= 11 is 0. The largest absolute Gasteiger partial charge is 0.510 e. The second-order valence-corrected chi connectivity index (χ2v) is 10.4. The van der Waals surface area contributed by atoms with Crippen molar-refractivity contribution in [2.24, 2.45) is 28.4 Å². The van der Waals surface area contributed by atoms with Gasteiger partial charge in [0, 0.05) is 29.2 Å². The van der Waals surface area contributed by atoms with Crippen LogP contribution in [0.1, 0.15) is 64.5 Å². The molecular weight excluding hydrogens is 466 g/mol. The van der Waals surface area contributed by atoms with Crippen molar-refractivity contribution < 1.29 is 39.2 Å². The molecule has 3 aliphatic carbocycles. The van der Waals surface area contributed by atoms with Gasteiger partial charge in [0.25, 0.3) is 5.91 Å². The van der Waals surface area contributed by atoms with Gasteiger partial charge in [-0.15, -0.1) is 0 Å². The van der Waals surface area contributed by atoms with E-state index in [-0.39, 0.29) is 23.3 Å². The Hall–Kier alpha value is -3.62. The van der Waals surface area contributed by atoms with Crippen LogP contribution in [0.2, 0.25) is 0 Å². The third kappa shape index (κ3) is 3.01. The molecule has 3 aliphatic rings. The summed E-state index contributed by atoms with van der Waals surface area (Å²) in [4.78, 5) is 52.5. The van der Waals surface area contributed by atoms with Crippen molar-refractivity contribution in [3.05, 3.63) is 46.2 Å². The molecule has 0 aliphatic heterocycles. The van der Waals surface area contributed by atoms with Crippen LogP contribution < -0.4 is 5.73 Å². The Labute approximate surface area is 208 Å². The van der Waals surface area contributed by atoms with E-state index in [1.54, 1.807) is 32.9 Å². The number of rotatable bonds is 4. The fraction of sp³-hybridized carbons (Fsp3) is 0.481. The van der Waals surface area contributed by atoms with Gasteiger partial charge < -0.3 is 25.8 Å². The number of nitrogens with two attached hydrogens (primary N) is 1. The summed E-state index contributed by atoms with van der Waals surface area (Å²) in [5, 5.41) is 33.2. The zero-order valence-corrected chi connectivity index (χ0v) is 20.9. The summed E-state index contributed by atoms with van der Waals surface area (Å²) in [6.45, 7) is 8.16. The number of allylic oxidation sites excluding steroid dienone is 1. The van der Waals surface area contributed by atoms with E-state index >= 15 is 0 Å². The Kier molecular flexibility index (Phi) is 5.81. The van der Waals surface area contributed by atoms with Crippen LogP contribution in [0.4, 0.5) is 0 Å². The maximum absolute atomic E-state index is 14.3. The van der Waals surface area contributed by atoms with Crippen molar-refractivity contribution in [1.82, 2.24) is 0 Å². The number of hydrogen-bond acceptors (Lipinski definition) is 8. The molecule has 192 valence electrons. The van der Waals surface area contributed by atoms with Crippen LogP contribution in [-0.4, -0.2) is 44.9 Å². The Morgan fingerprint density at radius 2 is 1.75 bits per heavy atom.